The molecule has 0 aromatic heterocycles. The molecule has 0 unspecified atom stereocenters. The zero-order valence-electron chi connectivity index (χ0n) is 13.3. The van der Waals surface area contributed by atoms with Crippen LogP contribution in [0.2, 0.25) is 0 Å². The molecule has 4 bridgehead atoms. The van der Waals surface area contributed by atoms with E-state index in [0.29, 0.717) is 6.54 Å². The van der Waals surface area contributed by atoms with E-state index in [0.717, 1.165) is 23.3 Å². The van der Waals surface area contributed by atoms with Crippen LogP contribution in [0.5, 0.6) is 0 Å². The Kier molecular flexibility index (Phi) is 3.58. The highest BCUT2D eigenvalue weighted by molar-refractivity contribution is 5.79. The van der Waals surface area contributed by atoms with Gasteiger partial charge in [0, 0.05) is 17.9 Å². The third kappa shape index (κ3) is 2.96. The molecule has 0 spiro atoms. The minimum absolute atomic E-state index is 0.0710. The summed E-state index contributed by atoms with van der Waals surface area (Å²) in [6, 6.07) is 0. The lowest BCUT2D eigenvalue weighted by atomic mass is 9.53. The van der Waals surface area contributed by atoms with Crippen molar-refractivity contribution in [2.24, 2.45) is 22.9 Å². The van der Waals surface area contributed by atoms with E-state index in [9.17, 15) is 9.70 Å². The van der Waals surface area contributed by atoms with Gasteiger partial charge >= 0.3 is 0 Å². The summed E-state index contributed by atoms with van der Waals surface area (Å²) in [5.41, 5.74) is 0.819. The Morgan fingerprint density at radius 1 is 1.17 bits per heavy atom. The Bertz CT molecular complexity index is 554. The third-order valence-electron chi connectivity index (χ3n) is 5.89. The normalized spacial score (nSPS) is 37.1. The topological polar surface area (TPSA) is 61.8 Å². The number of nitroso groups, excluding NO2 is 1. The molecule has 5 aliphatic rings. The van der Waals surface area contributed by atoms with Gasteiger partial charge in [0.05, 0.1) is 6.20 Å². The lowest BCUT2D eigenvalue weighted by molar-refractivity contribution is -0.127. The molecule has 1 amide bonds. The summed E-state index contributed by atoms with van der Waals surface area (Å²) in [5, 5.41) is 6.13. The van der Waals surface area contributed by atoms with Crippen molar-refractivity contribution < 1.29 is 4.79 Å². The molecule has 5 heteroatoms. The van der Waals surface area contributed by atoms with Crippen molar-refractivity contribution in [2.75, 3.05) is 6.54 Å². The van der Waals surface area contributed by atoms with Crippen molar-refractivity contribution in [1.29, 1.82) is 0 Å². The van der Waals surface area contributed by atoms with Crippen LogP contribution < -0.4 is 5.32 Å². The molecule has 0 radical (unpaired) electrons. The number of allylic oxidation sites excluding steroid dienone is 3. The summed E-state index contributed by atoms with van der Waals surface area (Å²) in [4.78, 5) is 24.6. The highest BCUT2D eigenvalue weighted by atomic mass is 16.2. The fourth-order valence-electron chi connectivity index (χ4n) is 5.49. The number of nitrogens with one attached hydrogen (secondary N) is 1. The van der Waals surface area contributed by atoms with Crippen LogP contribution in [-0.4, -0.2) is 22.9 Å². The van der Waals surface area contributed by atoms with Crippen LogP contribution in [0.4, 0.5) is 0 Å². The average Bonchev–Trinajstić information content (AvgIpc) is 2.47. The molecule has 5 rings (SSSR count). The van der Waals surface area contributed by atoms with Gasteiger partial charge in [-0.2, -0.15) is 0 Å². The minimum Gasteiger partial charge on any atom is -0.349 e. The summed E-state index contributed by atoms with van der Waals surface area (Å²) in [6.07, 6.45) is 16.1. The SMILES string of the molecule is O=NC=C1C=CN(CC(=O)NC23CC4CC(CC(C4)C2)C3)C=C1. The van der Waals surface area contributed by atoms with Crippen molar-refractivity contribution in [1.82, 2.24) is 10.2 Å². The van der Waals surface area contributed by atoms with E-state index in [2.05, 4.69) is 10.5 Å². The first-order valence-electron chi connectivity index (χ1n) is 8.60. The molecule has 5 nitrogen and oxygen atoms in total. The van der Waals surface area contributed by atoms with E-state index >= 15 is 0 Å². The zero-order valence-corrected chi connectivity index (χ0v) is 13.3. The van der Waals surface area contributed by atoms with Gasteiger partial charge in [-0.05, 0) is 79.2 Å². The van der Waals surface area contributed by atoms with Crippen molar-refractivity contribution >= 4 is 5.91 Å². The van der Waals surface area contributed by atoms with Crippen molar-refractivity contribution in [3.63, 3.8) is 0 Å². The van der Waals surface area contributed by atoms with Crippen LogP contribution in [0.25, 0.3) is 0 Å². The molecule has 4 saturated carbocycles. The smallest absolute Gasteiger partial charge is 0.240 e. The molecule has 0 aromatic carbocycles. The molecular weight excluding hydrogens is 290 g/mol. The zero-order chi connectivity index (χ0) is 15.9. The Morgan fingerprint density at radius 2 is 1.74 bits per heavy atom. The number of hydrogen-bond acceptors (Lipinski definition) is 4. The summed E-state index contributed by atoms with van der Waals surface area (Å²) >= 11 is 0. The molecule has 23 heavy (non-hydrogen) atoms. The van der Waals surface area contributed by atoms with Gasteiger partial charge in [-0.15, -0.1) is 4.91 Å². The summed E-state index contributed by atoms with van der Waals surface area (Å²) in [6.45, 7) is 0.330. The van der Waals surface area contributed by atoms with Gasteiger partial charge < -0.3 is 10.2 Å². The van der Waals surface area contributed by atoms with Crippen molar-refractivity contribution in [3.8, 4) is 0 Å². The number of carbonyl (C=O) groups is 1. The van der Waals surface area contributed by atoms with E-state index in [1.807, 2.05) is 17.3 Å². The Labute approximate surface area is 136 Å². The molecular formula is C18H23N3O2. The molecule has 4 fully saturated rings. The summed E-state index contributed by atoms with van der Waals surface area (Å²) in [5.74, 6) is 2.60. The molecule has 0 aromatic rings. The van der Waals surface area contributed by atoms with Gasteiger partial charge in [-0.1, -0.05) is 0 Å². The first-order chi connectivity index (χ1) is 11.1. The molecule has 0 saturated heterocycles. The fraction of sp³-hybridized carbons (Fsp3) is 0.611. The second-order valence-corrected chi connectivity index (χ2v) is 7.78. The highest BCUT2D eigenvalue weighted by Crippen LogP contribution is 2.55. The fourth-order valence-corrected chi connectivity index (χ4v) is 5.49. The number of hydrogen-bond donors (Lipinski definition) is 1. The lowest BCUT2D eigenvalue weighted by Gasteiger charge is -2.57. The molecule has 1 heterocycles. The van der Waals surface area contributed by atoms with Gasteiger partial charge in [0.1, 0.15) is 6.54 Å². The number of rotatable bonds is 4. The highest BCUT2D eigenvalue weighted by Gasteiger charge is 2.51. The predicted octanol–water partition coefficient (Wildman–Crippen LogP) is 3.06. The Balaban J connectivity index is 1.36. The van der Waals surface area contributed by atoms with Crippen molar-refractivity contribution in [2.45, 2.75) is 44.1 Å². The second-order valence-electron chi connectivity index (χ2n) is 7.78. The lowest BCUT2D eigenvalue weighted by Crippen LogP contribution is -2.60. The monoisotopic (exact) mass is 313 g/mol. The standard InChI is InChI=1S/C18H23N3O2/c22-17(12-21-3-1-13(2-4-21)11-19-23)20-18-8-14-5-15(9-18)7-16(6-14)10-18/h1-4,11,14-16H,5-10,12H2,(H,20,22). The summed E-state index contributed by atoms with van der Waals surface area (Å²) in [7, 11) is 0. The maximum Gasteiger partial charge on any atom is 0.240 e. The number of carbonyl (C=O) groups excluding carboxylic acids is 1. The molecule has 122 valence electrons. The molecule has 1 aliphatic heterocycles. The Morgan fingerprint density at radius 3 is 2.26 bits per heavy atom. The number of nitrogens with zero attached hydrogens (tertiary/aromatic N) is 2. The second kappa shape index (κ2) is 5.62. The van der Waals surface area contributed by atoms with E-state index in [-0.39, 0.29) is 11.4 Å². The van der Waals surface area contributed by atoms with Gasteiger partial charge in [0.25, 0.3) is 0 Å². The van der Waals surface area contributed by atoms with Gasteiger partial charge in [-0.3, -0.25) is 4.79 Å². The molecule has 1 N–H and O–H groups in total. The van der Waals surface area contributed by atoms with Crippen LogP contribution in [0.15, 0.2) is 41.5 Å². The van der Waals surface area contributed by atoms with E-state index in [4.69, 9.17) is 0 Å². The quantitative estimate of drug-likeness (QED) is 0.811. The maximum atomic E-state index is 12.5. The maximum absolute atomic E-state index is 12.5. The average molecular weight is 313 g/mol. The minimum atomic E-state index is 0.0710. The van der Waals surface area contributed by atoms with Gasteiger partial charge in [-0.25, -0.2) is 0 Å². The van der Waals surface area contributed by atoms with Crippen LogP contribution in [-0.2, 0) is 4.79 Å². The van der Waals surface area contributed by atoms with Crippen LogP contribution in [0.1, 0.15) is 38.5 Å². The van der Waals surface area contributed by atoms with Gasteiger partial charge in [0.15, 0.2) is 0 Å². The van der Waals surface area contributed by atoms with Crippen LogP contribution in [0.3, 0.4) is 0 Å². The summed E-state index contributed by atoms with van der Waals surface area (Å²) < 4.78 is 0. The van der Waals surface area contributed by atoms with Crippen molar-refractivity contribution in [3.05, 3.63) is 41.2 Å². The van der Waals surface area contributed by atoms with E-state index in [1.54, 1.807) is 12.2 Å². The van der Waals surface area contributed by atoms with Gasteiger partial charge in [0.2, 0.25) is 5.91 Å². The molecule has 0 atom stereocenters. The first kappa shape index (κ1) is 14.7. The number of amides is 1. The van der Waals surface area contributed by atoms with Crippen LogP contribution >= 0.6 is 0 Å². The van der Waals surface area contributed by atoms with E-state index in [1.165, 1.54) is 44.7 Å². The predicted molar refractivity (Wildman–Crippen MR) is 87.9 cm³/mol. The molecule has 4 aliphatic carbocycles. The first-order valence-corrected chi connectivity index (χ1v) is 8.60. The van der Waals surface area contributed by atoms with Crippen LogP contribution in [0, 0.1) is 22.7 Å². The Hall–Kier alpha value is -1.91. The largest absolute Gasteiger partial charge is 0.349 e. The third-order valence-corrected chi connectivity index (χ3v) is 5.89. The van der Waals surface area contributed by atoms with E-state index < -0.39 is 0 Å².